The van der Waals surface area contributed by atoms with Gasteiger partial charge in [0.2, 0.25) is 5.91 Å². The molecule has 0 bridgehead atoms. The summed E-state index contributed by atoms with van der Waals surface area (Å²) >= 11 is 1.33. The minimum absolute atomic E-state index is 0.0466. The number of carbonyl (C=O) groups is 3. The number of aromatic nitrogens is 1. The average molecular weight is 500 g/mol. The van der Waals surface area contributed by atoms with Gasteiger partial charge in [-0.05, 0) is 50.2 Å². The minimum Gasteiger partial charge on any atom is -0.455 e. The second-order valence-electron chi connectivity index (χ2n) is 8.27. The predicted molar refractivity (Wildman–Crippen MR) is 140 cm³/mol. The Balaban J connectivity index is 1.33. The highest BCUT2D eigenvalue weighted by Crippen LogP contribution is 2.19. The van der Waals surface area contributed by atoms with E-state index in [0.717, 1.165) is 16.8 Å². The van der Waals surface area contributed by atoms with E-state index >= 15 is 0 Å². The zero-order valence-electron chi connectivity index (χ0n) is 19.9. The summed E-state index contributed by atoms with van der Waals surface area (Å²) in [5.74, 6) is -1.07. The smallest absolute Gasteiger partial charge is 0.340 e. The second-order valence-corrected chi connectivity index (χ2v) is 9.21. The van der Waals surface area contributed by atoms with Crippen LogP contribution in [0.4, 0.5) is 11.4 Å². The van der Waals surface area contributed by atoms with E-state index in [-0.39, 0.29) is 30.4 Å². The summed E-state index contributed by atoms with van der Waals surface area (Å²) in [6.45, 7) is 3.84. The van der Waals surface area contributed by atoms with Crippen LogP contribution < -0.4 is 10.6 Å². The molecule has 0 saturated heterocycles. The summed E-state index contributed by atoms with van der Waals surface area (Å²) in [6.07, 6.45) is 0.125. The van der Waals surface area contributed by atoms with Gasteiger partial charge in [0.1, 0.15) is 11.6 Å². The number of ether oxygens (including phenoxy) is 1. The molecule has 7 nitrogen and oxygen atoms in total. The van der Waals surface area contributed by atoms with E-state index < -0.39 is 5.97 Å². The van der Waals surface area contributed by atoms with Gasteiger partial charge in [0.15, 0.2) is 0 Å². The van der Waals surface area contributed by atoms with Gasteiger partial charge >= 0.3 is 5.97 Å². The van der Waals surface area contributed by atoms with Gasteiger partial charge in [-0.25, -0.2) is 9.78 Å². The van der Waals surface area contributed by atoms with Gasteiger partial charge in [0.05, 0.1) is 23.4 Å². The molecule has 3 aromatic carbocycles. The molecule has 4 rings (SSSR count). The van der Waals surface area contributed by atoms with Crippen LogP contribution in [0.2, 0.25) is 0 Å². The number of thiazole rings is 1. The van der Waals surface area contributed by atoms with Crippen LogP contribution in [0.1, 0.15) is 42.5 Å². The molecule has 0 spiro atoms. The Hall–Kier alpha value is -4.30. The molecule has 8 heteroatoms. The maximum absolute atomic E-state index is 12.8. The number of amides is 2. The van der Waals surface area contributed by atoms with E-state index in [0.29, 0.717) is 22.0 Å². The lowest BCUT2D eigenvalue weighted by atomic mass is 10.1. The third kappa shape index (κ3) is 6.64. The van der Waals surface area contributed by atoms with Crippen molar-refractivity contribution in [3.63, 3.8) is 0 Å². The molecule has 0 unspecified atom stereocenters. The van der Waals surface area contributed by atoms with Gasteiger partial charge in [0.25, 0.3) is 5.91 Å². The van der Waals surface area contributed by atoms with Gasteiger partial charge in [-0.1, -0.05) is 47.5 Å². The number of benzene rings is 3. The number of carbonyl (C=O) groups excluding carboxylic acids is 3. The highest BCUT2D eigenvalue weighted by atomic mass is 32.1. The summed E-state index contributed by atoms with van der Waals surface area (Å²) in [5, 5.41) is 8.01. The van der Waals surface area contributed by atoms with Crippen molar-refractivity contribution < 1.29 is 19.1 Å². The molecule has 182 valence electrons. The van der Waals surface area contributed by atoms with Crippen molar-refractivity contribution >= 4 is 40.5 Å². The van der Waals surface area contributed by atoms with E-state index in [2.05, 4.69) is 15.6 Å². The fraction of sp³-hybridized carbons (Fsp3) is 0.143. The van der Waals surface area contributed by atoms with Crippen molar-refractivity contribution in [2.75, 3.05) is 10.6 Å². The van der Waals surface area contributed by atoms with Gasteiger partial charge < -0.3 is 15.4 Å². The molecule has 0 aliphatic carbocycles. The lowest BCUT2D eigenvalue weighted by Gasteiger charge is -2.11. The van der Waals surface area contributed by atoms with E-state index in [9.17, 15) is 14.4 Å². The van der Waals surface area contributed by atoms with Crippen molar-refractivity contribution in [1.82, 2.24) is 4.98 Å². The molecular formula is C28H25N3O4S. The molecule has 4 aromatic rings. The Bertz CT molecular complexity index is 1400. The number of para-hydroxylation sites is 1. The quantitative estimate of drug-likeness (QED) is 0.310. The van der Waals surface area contributed by atoms with Crippen LogP contribution in [0.3, 0.4) is 0 Å². The van der Waals surface area contributed by atoms with Crippen LogP contribution >= 0.6 is 11.3 Å². The van der Waals surface area contributed by atoms with E-state index in [1.165, 1.54) is 11.3 Å². The summed E-state index contributed by atoms with van der Waals surface area (Å²) < 4.78 is 5.44. The van der Waals surface area contributed by atoms with Crippen LogP contribution in [0.25, 0.3) is 0 Å². The van der Waals surface area contributed by atoms with Crippen molar-refractivity contribution in [1.29, 1.82) is 0 Å². The lowest BCUT2D eigenvalue weighted by Crippen LogP contribution is -2.16. The van der Waals surface area contributed by atoms with E-state index in [1.807, 2.05) is 44.2 Å². The Morgan fingerprint density at radius 1 is 0.889 bits per heavy atom. The van der Waals surface area contributed by atoms with Crippen LogP contribution in [0.15, 0.2) is 78.2 Å². The number of rotatable bonds is 8. The molecule has 2 amide bonds. The Labute approximate surface area is 213 Å². The second kappa shape index (κ2) is 11.4. The largest absolute Gasteiger partial charge is 0.455 e. The highest BCUT2D eigenvalue weighted by molar-refractivity contribution is 7.09. The van der Waals surface area contributed by atoms with Crippen molar-refractivity contribution in [3.8, 4) is 0 Å². The van der Waals surface area contributed by atoms with Gasteiger partial charge in [-0.15, -0.1) is 11.3 Å². The highest BCUT2D eigenvalue weighted by Gasteiger charge is 2.16. The molecule has 0 aliphatic heterocycles. The lowest BCUT2D eigenvalue weighted by molar-refractivity contribution is -0.115. The van der Waals surface area contributed by atoms with Crippen LogP contribution in [0, 0.1) is 13.8 Å². The Morgan fingerprint density at radius 2 is 1.67 bits per heavy atom. The SMILES string of the molecule is Cc1ccc(NC(=O)Cc2nc(COC(=O)c3ccccc3NC(=O)c3cccc(C)c3)cs2)cc1. The molecule has 0 fully saturated rings. The number of esters is 1. The van der Waals surface area contributed by atoms with Crippen LogP contribution in [-0.2, 0) is 22.6 Å². The molecular weight excluding hydrogens is 474 g/mol. The predicted octanol–water partition coefficient (Wildman–Crippen LogP) is 5.55. The van der Waals surface area contributed by atoms with Crippen molar-refractivity contribution in [3.05, 3.63) is 111 Å². The molecule has 0 saturated carbocycles. The Kier molecular flexibility index (Phi) is 7.87. The molecule has 0 radical (unpaired) electrons. The minimum atomic E-state index is -0.582. The average Bonchev–Trinajstić information content (AvgIpc) is 3.31. The first-order valence-corrected chi connectivity index (χ1v) is 12.2. The topological polar surface area (TPSA) is 97.4 Å². The summed E-state index contributed by atoms with van der Waals surface area (Å²) in [6, 6.07) is 21.4. The summed E-state index contributed by atoms with van der Waals surface area (Å²) in [4.78, 5) is 42.1. The first-order valence-electron chi connectivity index (χ1n) is 11.3. The van der Waals surface area contributed by atoms with Gasteiger partial charge in [-0.2, -0.15) is 0 Å². The Morgan fingerprint density at radius 3 is 2.44 bits per heavy atom. The number of hydrogen-bond donors (Lipinski definition) is 2. The van der Waals surface area contributed by atoms with Crippen molar-refractivity contribution in [2.45, 2.75) is 26.9 Å². The normalized spacial score (nSPS) is 10.5. The molecule has 0 aliphatic rings. The van der Waals surface area contributed by atoms with Crippen molar-refractivity contribution in [2.24, 2.45) is 0 Å². The molecule has 1 aromatic heterocycles. The fourth-order valence-electron chi connectivity index (χ4n) is 3.44. The number of anilines is 2. The summed E-state index contributed by atoms with van der Waals surface area (Å²) in [5.41, 5.74) is 4.46. The number of aryl methyl sites for hydroxylation is 2. The zero-order valence-corrected chi connectivity index (χ0v) is 20.7. The third-order valence-electron chi connectivity index (χ3n) is 5.27. The first kappa shape index (κ1) is 24.8. The van der Waals surface area contributed by atoms with E-state index in [1.54, 1.807) is 47.8 Å². The number of hydrogen-bond acceptors (Lipinski definition) is 6. The van der Waals surface area contributed by atoms with Crippen LogP contribution in [-0.4, -0.2) is 22.8 Å². The molecule has 0 atom stereocenters. The molecule has 36 heavy (non-hydrogen) atoms. The molecule has 1 heterocycles. The van der Waals surface area contributed by atoms with Gasteiger partial charge in [0, 0.05) is 16.6 Å². The maximum atomic E-state index is 12.8. The maximum Gasteiger partial charge on any atom is 0.340 e. The fourth-order valence-corrected chi connectivity index (χ4v) is 4.22. The number of nitrogens with one attached hydrogen (secondary N) is 2. The zero-order chi connectivity index (χ0) is 25.5. The van der Waals surface area contributed by atoms with E-state index in [4.69, 9.17) is 4.74 Å². The summed E-state index contributed by atoms with van der Waals surface area (Å²) in [7, 11) is 0. The number of nitrogens with zero attached hydrogens (tertiary/aromatic N) is 1. The molecule has 2 N–H and O–H groups in total. The van der Waals surface area contributed by atoms with Gasteiger partial charge in [-0.3, -0.25) is 9.59 Å². The standard InChI is InChI=1S/C28H25N3O4S/c1-18-10-12-21(13-11-18)29-25(32)15-26-30-22(17-36-26)16-35-28(34)23-8-3-4-9-24(23)31-27(33)20-7-5-6-19(2)14-20/h3-14,17H,15-16H2,1-2H3,(H,29,32)(H,31,33). The third-order valence-corrected chi connectivity index (χ3v) is 6.17. The van der Waals surface area contributed by atoms with Crippen LogP contribution in [0.5, 0.6) is 0 Å². The first-order chi connectivity index (χ1) is 17.4. The monoisotopic (exact) mass is 499 g/mol.